The van der Waals surface area contributed by atoms with Gasteiger partial charge in [-0.1, -0.05) is 32.0 Å². The van der Waals surface area contributed by atoms with Crippen molar-refractivity contribution in [2.24, 2.45) is 0 Å². The van der Waals surface area contributed by atoms with Crippen molar-refractivity contribution in [2.75, 3.05) is 0 Å². The molecule has 0 aliphatic rings. The van der Waals surface area contributed by atoms with Crippen LogP contribution in [0.15, 0.2) is 73.2 Å². The second kappa shape index (κ2) is 7.64. The van der Waals surface area contributed by atoms with E-state index in [1.54, 1.807) is 12.5 Å². The van der Waals surface area contributed by atoms with E-state index in [2.05, 4.69) is 53.4 Å². The Morgan fingerprint density at radius 1 is 1.04 bits per heavy atom. The highest BCUT2D eigenvalue weighted by Gasteiger charge is 2.10. The zero-order valence-electron chi connectivity index (χ0n) is 16.0. The highest BCUT2D eigenvalue weighted by molar-refractivity contribution is 5.97. The van der Waals surface area contributed by atoms with Gasteiger partial charge in [0.15, 0.2) is 0 Å². The molecule has 1 N–H and O–H groups in total. The van der Waals surface area contributed by atoms with Gasteiger partial charge in [0, 0.05) is 17.4 Å². The van der Waals surface area contributed by atoms with Crippen molar-refractivity contribution in [1.82, 2.24) is 19.9 Å². The molecule has 0 atom stereocenters. The van der Waals surface area contributed by atoms with Gasteiger partial charge in [0.25, 0.3) is 5.91 Å². The van der Waals surface area contributed by atoms with Gasteiger partial charge in [-0.3, -0.25) is 14.3 Å². The topological polar surface area (TPSA) is 59.8 Å². The zero-order chi connectivity index (χ0) is 19.5. The number of carbonyl (C=O) groups is 1. The lowest BCUT2D eigenvalue weighted by Gasteiger charge is -2.09. The lowest BCUT2D eigenvalue weighted by molar-refractivity contribution is 0.0950. The summed E-state index contributed by atoms with van der Waals surface area (Å²) in [5.74, 6) is 0.365. The van der Waals surface area contributed by atoms with Gasteiger partial charge in [0.2, 0.25) is 0 Å². The van der Waals surface area contributed by atoms with Crippen LogP contribution in [-0.4, -0.2) is 20.4 Å². The number of aromatic nitrogens is 3. The quantitative estimate of drug-likeness (QED) is 0.564. The second-order valence-corrected chi connectivity index (χ2v) is 7.07. The van der Waals surface area contributed by atoms with Crippen molar-refractivity contribution in [3.63, 3.8) is 0 Å². The summed E-state index contributed by atoms with van der Waals surface area (Å²) in [6.07, 6.45) is 3.51. The van der Waals surface area contributed by atoms with Crippen LogP contribution in [0.3, 0.4) is 0 Å². The molecule has 2 aromatic carbocycles. The number of imidazole rings is 1. The van der Waals surface area contributed by atoms with E-state index in [9.17, 15) is 4.79 Å². The van der Waals surface area contributed by atoms with Crippen LogP contribution in [0.4, 0.5) is 0 Å². The molecule has 28 heavy (non-hydrogen) atoms. The Balaban J connectivity index is 1.55. The van der Waals surface area contributed by atoms with Crippen LogP contribution in [0, 0.1) is 0 Å². The van der Waals surface area contributed by atoms with Crippen LogP contribution >= 0.6 is 0 Å². The number of nitrogens with one attached hydrogen (secondary N) is 1. The molecule has 0 radical (unpaired) electrons. The first kappa shape index (κ1) is 17.9. The highest BCUT2D eigenvalue weighted by Crippen LogP contribution is 2.22. The smallest absolute Gasteiger partial charge is 0.251 e. The minimum absolute atomic E-state index is 0.136. The predicted octanol–water partition coefficient (Wildman–Crippen LogP) is 4.47. The summed E-state index contributed by atoms with van der Waals surface area (Å²) >= 11 is 0. The lowest BCUT2D eigenvalue weighted by Crippen LogP contribution is -2.23. The molecule has 0 aliphatic heterocycles. The third-order valence-electron chi connectivity index (χ3n) is 4.80. The number of pyridine rings is 1. The van der Waals surface area contributed by atoms with Crippen molar-refractivity contribution in [1.29, 1.82) is 0 Å². The third-order valence-corrected chi connectivity index (χ3v) is 4.80. The van der Waals surface area contributed by atoms with E-state index in [1.165, 1.54) is 5.56 Å². The molecular formula is C23H22N4O. The molecule has 0 unspecified atom stereocenters. The van der Waals surface area contributed by atoms with E-state index in [1.807, 2.05) is 41.0 Å². The predicted molar refractivity (Wildman–Crippen MR) is 111 cm³/mol. The van der Waals surface area contributed by atoms with E-state index in [0.29, 0.717) is 18.0 Å². The molecule has 0 saturated heterocycles. The van der Waals surface area contributed by atoms with E-state index >= 15 is 0 Å². The van der Waals surface area contributed by atoms with Gasteiger partial charge in [-0.05, 0) is 53.9 Å². The molecule has 0 fully saturated rings. The Labute approximate surface area is 164 Å². The molecule has 140 valence electrons. The molecule has 0 saturated carbocycles. The number of rotatable bonds is 5. The Bertz CT molecular complexity index is 1100. The maximum atomic E-state index is 12.5. The number of fused-ring (bicyclic) bond motifs is 1. The van der Waals surface area contributed by atoms with Gasteiger partial charge < -0.3 is 5.32 Å². The van der Waals surface area contributed by atoms with E-state index < -0.39 is 0 Å². The molecule has 0 bridgehead atoms. The fourth-order valence-corrected chi connectivity index (χ4v) is 3.16. The number of benzene rings is 2. The van der Waals surface area contributed by atoms with Gasteiger partial charge >= 0.3 is 0 Å². The molecule has 4 rings (SSSR count). The largest absolute Gasteiger partial charge is 0.346 e. The summed E-state index contributed by atoms with van der Waals surface area (Å²) in [4.78, 5) is 21.2. The Morgan fingerprint density at radius 3 is 2.57 bits per heavy atom. The van der Waals surface area contributed by atoms with Gasteiger partial charge in [-0.25, -0.2) is 4.98 Å². The first-order valence-electron chi connectivity index (χ1n) is 9.37. The fourth-order valence-electron chi connectivity index (χ4n) is 3.16. The summed E-state index contributed by atoms with van der Waals surface area (Å²) in [5, 5.41) is 2.90. The van der Waals surface area contributed by atoms with Crippen LogP contribution in [0.1, 0.15) is 41.4 Å². The Hall–Kier alpha value is -3.47. The van der Waals surface area contributed by atoms with Crippen LogP contribution in [0.5, 0.6) is 0 Å². The number of amides is 1. The SMILES string of the molecule is CC(C)c1ccc(-n2cnc3cc(C(=O)NCc4ccccn4)ccc32)cc1. The maximum absolute atomic E-state index is 12.5. The summed E-state index contributed by atoms with van der Waals surface area (Å²) in [7, 11) is 0. The number of hydrogen-bond donors (Lipinski definition) is 1. The molecule has 0 spiro atoms. The second-order valence-electron chi connectivity index (χ2n) is 7.07. The summed E-state index contributed by atoms with van der Waals surface area (Å²) in [6.45, 7) is 4.76. The van der Waals surface area contributed by atoms with E-state index in [0.717, 1.165) is 22.4 Å². The lowest BCUT2D eigenvalue weighted by atomic mass is 10.0. The average molecular weight is 370 g/mol. The van der Waals surface area contributed by atoms with Gasteiger partial charge in [-0.15, -0.1) is 0 Å². The minimum Gasteiger partial charge on any atom is -0.346 e. The Kier molecular flexibility index (Phi) is 4.89. The van der Waals surface area contributed by atoms with Gasteiger partial charge in [0.05, 0.1) is 23.3 Å². The Morgan fingerprint density at radius 2 is 1.86 bits per heavy atom. The van der Waals surface area contributed by atoms with E-state index in [-0.39, 0.29) is 5.91 Å². The molecule has 0 aliphatic carbocycles. The van der Waals surface area contributed by atoms with Crippen molar-refractivity contribution in [2.45, 2.75) is 26.3 Å². The highest BCUT2D eigenvalue weighted by atomic mass is 16.1. The third kappa shape index (κ3) is 3.64. The van der Waals surface area contributed by atoms with Crippen LogP contribution in [0.25, 0.3) is 16.7 Å². The number of nitrogens with zero attached hydrogens (tertiary/aromatic N) is 3. The summed E-state index contributed by atoms with van der Waals surface area (Å²) < 4.78 is 2.04. The van der Waals surface area contributed by atoms with Crippen molar-refractivity contribution < 1.29 is 4.79 Å². The molecule has 2 aromatic heterocycles. The number of carbonyl (C=O) groups excluding carboxylic acids is 1. The zero-order valence-corrected chi connectivity index (χ0v) is 16.0. The standard InChI is InChI=1S/C23H22N4O/c1-16(2)17-6-9-20(10-7-17)27-15-26-21-13-18(8-11-22(21)27)23(28)25-14-19-5-3-4-12-24-19/h3-13,15-16H,14H2,1-2H3,(H,25,28). The van der Waals surface area contributed by atoms with Crippen molar-refractivity contribution >= 4 is 16.9 Å². The molecule has 5 heteroatoms. The molecule has 2 heterocycles. The molecule has 1 amide bonds. The van der Waals surface area contributed by atoms with Gasteiger partial charge in [0.1, 0.15) is 6.33 Å². The summed E-state index contributed by atoms with van der Waals surface area (Å²) in [6, 6.07) is 19.7. The van der Waals surface area contributed by atoms with E-state index in [4.69, 9.17) is 0 Å². The fraction of sp³-hybridized carbons (Fsp3) is 0.174. The molecule has 5 nitrogen and oxygen atoms in total. The molecular weight excluding hydrogens is 348 g/mol. The van der Waals surface area contributed by atoms with Crippen LogP contribution < -0.4 is 5.32 Å². The maximum Gasteiger partial charge on any atom is 0.251 e. The van der Waals surface area contributed by atoms with Crippen LogP contribution in [0.2, 0.25) is 0 Å². The minimum atomic E-state index is -0.136. The van der Waals surface area contributed by atoms with Crippen molar-refractivity contribution in [3.05, 3.63) is 90.0 Å². The first-order valence-corrected chi connectivity index (χ1v) is 9.37. The molecule has 4 aromatic rings. The first-order chi connectivity index (χ1) is 13.6. The van der Waals surface area contributed by atoms with Gasteiger partial charge in [-0.2, -0.15) is 0 Å². The van der Waals surface area contributed by atoms with Crippen molar-refractivity contribution in [3.8, 4) is 5.69 Å². The summed E-state index contributed by atoms with van der Waals surface area (Å²) in [5.41, 5.74) is 5.53. The van der Waals surface area contributed by atoms with Crippen LogP contribution in [-0.2, 0) is 6.54 Å². The monoisotopic (exact) mass is 370 g/mol. The normalized spacial score (nSPS) is 11.1. The average Bonchev–Trinajstić information content (AvgIpc) is 3.16. The number of hydrogen-bond acceptors (Lipinski definition) is 3.